The van der Waals surface area contributed by atoms with Crippen molar-refractivity contribution < 1.29 is 14.3 Å². The lowest BCUT2D eigenvalue weighted by molar-refractivity contribution is -0.147. The van der Waals surface area contributed by atoms with E-state index < -0.39 is 17.4 Å². The maximum Gasteiger partial charge on any atom is 0.342 e. The number of methoxy groups -OCH3 is 1. The molecule has 1 heterocycles. The number of rotatable bonds is 3. The summed E-state index contributed by atoms with van der Waals surface area (Å²) in [5, 5.41) is 8.99. The summed E-state index contributed by atoms with van der Waals surface area (Å²) in [5.41, 5.74) is 0.695. The smallest absolute Gasteiger partial charge is 0.342 e. The van der Waals surface area contributed by atoms with Gasteiger partial charge in [0.2, 0.25) is 0 Å². The van der Waals surface area contributed by atoms with Crippen LogP contribution >= 0.6 is 27.5 Å². The van der Waals surface area contributed by atoms with Crippen LogP contribution in [0.4, 0.5) is 10.5 Å². The largest absolute Gasteiger partial charge is 0.468 e. The van der Waals surface area contributed by atoms with Crippen LogP contribution in [0.2, 0.25) is 5.02 Å². The maximum absolute atomic E-state index is 12.7. The molecule has 27 heavy (non-hydrogen) atoms. The second-order valence-corrected chi connectivity index (χ2v) is 7.63. The van der Waals surface area contributed by atoms with Crippen molar-refractivity contribution in [2.75, 3.05) is 19.0 Å². The number of nitrogens with one attached hydrogen (secondary N) is 1. The molecule has 140 valence electrons. The van der Waals surface area contributed by atoms with E-state index in [4.69, 9.17) is 16.3 Å². The minimum Gasteiger partial charge on any atom is -0.468 e. The molecule has 0 fully saturated rings. The summed E-state index contributed by atoms with van der Waals surface area (Å²) in [7, 11) is 1.32. The third-order valence-corrected chi connectivity index (χ3v) is 5.07. The highest BCUT2D eigenvalue weighted by Crippen LogP contribution is 2.33. The van der Waals surface area contributed by atoms with Gasteiger partial charge in [0.15, 0.2) is 0 Å². The zero-order valence-corrected chi connectivity index (χ0v) is 17.0. The number of carbonyl (C=O) groups is 2. The lowest BCUT2D eigenvalue weighted by Gasteiger charge is -2.23. The maximum atomic E-state index is 12.7. The molecule has 1 aliphatic rings. The topological polar surface area (TPSA) is 71.0 Å². The summed E-state index contributed by atoms with van der Waals surface area (Å²) in [6.07, 6.45) is 0. The van der Waals surface area contributed by atoms with Crippen molar-refractivity contribution in [1.82, 2.24) is 5.01 Å². The van der Waals surface area contributed by atoms with Gasteiger partial charge in [0.05, 0.1) is 19.4 Å². The van der Waals surface area contributed by atoms with Gasteiger partial charge < -0.3 is 10.1 Å². The number of hydrazone groups is 1. The molecular weight excluding hydrogens is 434 g/mol. The Bertz CT molecular complexity index is 899. The van der Waals surface area contributed by atoms with E-state index in [1.807, 2.05) is 12.1 Å². The fraction of sp³-hybridized carbons (Fsp3) is 0.211. The molecule has 0 bridgehead atoms. The number of amides is 2. The second kappa shape index (κ2) is 7.70. The van der Waals surface area contributed by atoms with Gasteiger partial charge in [-0.2, -0.15) is 5.10 Å². The molecule has 1 N–H and O–H groups in total. The predicted molar refractivity (Wildman–Crippen MR) is 108 cm³/mol. The van der Waals surface area contributed by atoms with Gasteiger partial charge in [-0.1, -0.05) is 39.7 Å². The van der Waals surface area contributed by atoms with Crippen LogP contribution in [0.1, 0.15) is 12.5 Å². The molecule has 8 heteroatoms. The molecule has 2 amide bonds. The van der Waals surface area contributed by atoms with E-state index in [1.165, 1.54) is 12.1 Å². The number of halogens is 2. The Hall–Kier alpha value is -2.38. The lowest BCUT2D eigenvalue weighted by Crippen LogP contribution is -2.42. The fourth-order valence-corrected chi connectivity index (χ4v) is 3.24. The van der Waals surface area contributed by atoms with Crippen LogP contribution in [0.3, 0.4) is 0 Å². The van der Waals surface area contributed by atoms with Gasteiger partial charge in [-0.25, -0.2) is 9.80 Å². The zero-order chi connectivity index (χ0) is 19.6. The van der Waals surface area contributed by atoms with Crippen molar-refractivity contribution in [3.05, 3.63) is 63.6 Å². The van der Waals surface area contributed by atoms with Gasteiger partial charge in [-0.3, -0.25) is 4.79 Å². The molecule has 0 aliphatic carbocycles. The molecule has 3 rings (SSSR count). The van der Waals surface area contributed by atoms with E-state index in [0.29, 0.717) is 22.0 Å². The number of benzene rings is 2. The number of hydrogen-bond acceptors (Lipinski definition) is 4. The Kier molecular flexibility index (Phi) is 5.53. The number of carbonyl (C=O) groups excluding carboxylic acids is 2. The van der Waals surface area contributed by atoms with Crippen LogP contribution in [0, 0.1) is 5.41 Å². The van der Waals surface area contributed by atoms with Crippen molar-refractivity contribution in [2.45, 2.75) is 6.92 Å². The first-order chi connectivity index (χ1) is 12.8. The molecule has 1 unspecified atom stereocenters. The van der Waals surface area contributed by atoms with Gasteiger partial charge in [0.1, 0.15) is 5.41 Å². The summed E-state index contributed by atoms with van der Waals surface area (Å²) < 4.78 is 5.87. The third-order valence-electron chi connectivity index (χ3n) is 4.29. The van der Waals surface area contributed by atoms with E-state index >= 15 is 0 Å². The van der Waals surface area contributed by atoms with Crippen LogP contribution in [-0.4, -0.2) is 36.4 Å². The molecular formula is C19H17BrClN3O3. The highest BCUT2D eigenvalue weighted by molar-refractivity contribution is 9.10. The summed E-state index contributed by atoms with van der Waals surface area (Å²) >= 11 is 9.30. The molecule has 6 nitrogen and oxygen atoms in total. The fourth-order valence-electron chi connectivity index (χ4n) is 2.85. The number of urea groups is 1. The standard InChI is InChI=1S/C19H17BrClN3O3/c1-19(17(25)27-2)11-24(18(26)22-15-9-5-13(20)6-10-15)23-16(19)12-3-7-14(21)8-4-12/h3-10H,11H2,1-2H3,(H,22,26). The van der Waals surface area contributed by atoms with Gasteiger partial charge in [0.25, 0.3) is 0 Å². The number of esters is 1. The first-order valence-corrected chi connectivity index (χ1v) is 9.28. The van der Waals surface area contributed by atoms with Crippen LogP contribution in [0.5, 0.6) is 0 Å². The molecule has 0 radical (unpaired) electrons. The van der Waals surface area contributed by atoms with E-state index in [0.717, 1.165) is 4.47 Å². The van der Waals surface area contributed by atoms with Crippen LogP contribution < -0.4 is 5.32 Å². The molecule has 0 spiro atoms. The number of anilines is 1. The van der Waals surface area contributed by atoms with Crippen molar-refractivity contribution in [2.24, 2.45) is 10.5 Å². The SMILES string of the molecule is COC(=O)C1(C)CN(C(=O)Nc2ccc(Br)cc2)N=C1c1ccc(Cl)cc1. The van der Waals surface area contributed by atoms with E-state index in [1.54, 1.807) is 43.3 Å². The molecule has 0 aromatic heterocycles. The van der Waals surface area contributed by atoms with Crippen molar-refractivity contribution >= 4 is 50.9 Å². The third kappa shape index (κ3) is 3.99. The van der Waals surface area contributed by atoms with E-state index in [2.05, 4.69) is 26.3 Å². The zero-order valence-electron chi connectivity index (χ0n) is 14.7. The van der Waals surface area contributed by atoms with Crippen molar-refractivity contribution in [3.63, 3.8) is 0 Å². The van der Waals surface area contributed by atoms with Gasteiger partial charge in [0, 0.05) is 15.2 Å². The van der Waals surface area contributed by atoms with E-state index in [-0.39, 0.29) is 6.54 Å². The predicted octanol–water partition coefficient (Wildman–Crippen LogP) is 4.53. The van der Waals surface area contributed by atoms with Crippen molar-refractivity contribution in [3.8, 4) is 0 Å². The molecule has 2 aromatic rings. The quantitative estimate of drug-likeness (QED) is 0.698. The number of hydrogen-bond donors (Lipinski definition) is 1. The summed E-state index contributed by atoms with van der Waals surface area (Å²) in [4.78, 5) is 25.1. The first kappa shape index (κ1) is 19.4. The van der Waals surface area contributed by atoms with Gasteiger partial charge in [-0.15, -0.1) is 0 Å². The van der Waals surface area contributed by atoms with Crippen LogP contribution in [-0.2, 0) is 9.53 Å². The Morgan fingerprint density at radius 2 is 1.81 bits per heavy atom. The van der Waals surface area contributed by atoms with Gasteiger partial charge in [-0.05, 0) is 48.9 Å². The molecule has 2 aromatic carbocycles. The minimum absolute atomic E-state index is 0.0694. The Morgan fingerprint density at radius 1 is 1.19 bits per heavy atom. The number of nitrogens with zero attached hydrogens (tertiary/aromatic N) is 2. The highest BCUT2D eigenvalue weighted by atomic mass is 79.9. The van der Waals surface area contributed by atoms with Crippen LogP contribution in [0.15, 0.2) is 58.1 Å². The summed E-state index contributed by atoms with van der Waals surface area (Å²) in [6.45, 7) is 1.78. The average molecular weight is 451 g/mol. The monoisotopic (exact) mass is 449 g/mol. The Balaban J connectivity index is 1.90. The highest BCUT2D eigenvalue weighted by Gasteiger charge is 2.48. The van der Waals surface area contributed by atoms with E-state index in [9.17, 15) is 9.59 Å². The normalized spacial score (nSPS) is 18.8. The summed E-state index contributed by atoms with van der Waals surface area (Å²) in [5.74, 6) is -0.463. The molecule has 1 aliphatic heterocycles. The Morgan fingerprint density at radius 3 is 2.41 bits per heavy atom. The minimum atomic E-state index is -1.08. The average Bonchev–Trinajstić information content (AvgIpc) is 3.02. The lowest BCUT2D eigenvalue weighted by atomic mass is 9.82. The molecule has 1 atom stereocenters. The van der Waals surface area contributed by atoms with Crippen LogP contribution in [0.25, 0.3) is 0 Å². The van der Waals surface area contributed by atoms with Gasteiger partial charge >= 0.3 is 12.0 Å². The van der Waals surface area contributed by atoms with Crippen molar-refractivity contribution in [1.29, 1.82) is 0 Å². The number of ether oxygens (including phenoxy) is 1. The molecule has 0 saturated heterocycles. The second-order valence-electron chi connectivity index (χ2n) is 6.27. The first-order valence-electron chi connectivity index (χ1n) is 8.11. The molecule has 0 saturated carbocycles. The summed E-state index contributed by atoms with van der Waals surface area (Å²) in [6, 6.07) is 13.7. The Labute approximate surface area is 170 Å².